The molecule has 1 atom stereocenters. The van der Waals surface area contributed by atoms with E-state index in [2.05, 4.69) is 10.3 Å². The van der Waals surface area contributed by atoms with Gasteiger partial charge < -0.3 is 15.2 Å². The van der Waals surface area contributed by atoms with E-state index in [0.717, 1.165) is 18.4 Å². The number of amides is 1. The van der Waals surface area contributed by atoms with Crippen molar-refractivity contribution in [2.75, 3.05) is 7.11 Å². The summed E-state index contributed by atoms with van der Waals surface area (Å²) in [7, 11) is 1.59. The molecule has 2 aliphatic carbocycles. The van der Waals surface area contributed by atoms with Gasteiger partial charge in [0.25, 0.3) is 0 Å². The highest BCUT2D eigenvalue weighted by atomic mass is 16.5. The minimum absolute atomic E-state index is 0.0668. The molecule has 2 aliphatic rings. The third kappa shape index (κ3) is 4.26. The van der Waals surface area contributed by atoms with Crippen molar-refractivity contribution in [3.63, 3.8) is 0 Å². The van der Waals surface area contributed by atoms with Crippen LogP contribution >= 0.6 is 0 Å². The van der Waals surface area contributed by atoms with Gasteiger partial charge in [0.05, 0.1) is 19.3 Å². The Morgan fingerprint density at radius 3 is 2.67 bits per heavy atom. The zero-order valence-corrected chi connectivity index (χ0v) is 14.4. The first-order chi connectivity index (χ1) is 11.7. The van der Waals surface area contributed by atoms with E-state index in [0.29, 0.717) is 18.2 Å². The number of pyridine rings is 1. The topological polar surface area (TPSA) is 71.5 Å². The molecule has 1 amide bonds. The SMILES string of the molecule is COc1ccc([C@@H](NC(=O)CC2CCCCC2)C2CC(O)C2)cn1. The number of carbonyl (C=O) groups excluding carboxylic acids is 1. The van der Waals surface area contributed by atoms with E-state index in [1.165, 1.54) is 32.1 Å². The molecule has 2 fully saturated rings. The number of nitrogens with zero attached hydrogens (tertiary/aromatic N) is 1. The first kappa shape index (κ1) is 17.2. The van der Waals surface area contributed by atoms with Crippen molar-refractivity contribution < 1.29 is 14.6 Å². The standard InChI is InChI=1S/C19H28N2O3/c1-24-18-8-7-14(12-20-18)19(15-10-16(22)11-15)21-17(23)9-13-5-3-2-4-6-13/h7-8,12-13,15-16,19,22H,2-6,9-11H2,1H3,(H,21,23)/t15?,16?,19-/m1/s1. The summed E-state index contributed by atoms with van der Waals surface area (Å²) in [6, 6.07) is 3.72. The molecule has 0 spiro atoms. The van der Waals surface area contributed by atoms with Gasteiger partial charge in [0.15, 0.2) is 0 Å². The van der Waals surface area contributed by atoms with Crippen molar-refractivity contribution in [2.24, 2.45) is 11.8 Å². The number of methoxy groups -OCH3 is 1. The van der Waals surface area contributed by atoms with E-state index in [-0.39, 0.29) is 24.0 Å². The second kappa shape index (κ2) is 7.97. The molecule has 5 nitrogen and oxygen atoms in total. The summed E-state index contributed by atoms with van der Waals surface area (Å²) in [6.45, 7) is 0. The van der Waals surface area contributed by atoms with Gasteiger partial charge in [-0.05, 0) is 43.1 Å². The summed E-state index contributed by atoms with van der Waals surface area (Å²) < 4.78 is 5.11. The molecule has 24 heavy (non-hydrogen) atoms. The average molecular weight is 332 g/mol. The van der Waals surface area contributed by atoms with Gasteiger partial charge >= 0.3 is 0 Å². The second-order valence-corrected chi connectivity index (χ2v) is 7.27. The summed E-state index contributed by atoms with van der Waals surface area (Å²) >= 11 is 0. The van der Waals surface area contributed by atoms with Crippen LogP contribution in [0.15, 0.2) is 18.3 Å². The molecule has 5 heteroatoms. The Kier molecular flexibility index (Phi) is 5.72. The van der Waals surface area contributed by atoms with Crippen molar-refractivity contribution in [3.05, 3.63) is 23.9 Å². The molecule has 0 aromatic carbocycles. The number of ether oxygens (including phenoxy) is 1. The van der Waals surface area contributed by atoms with Gasteiger partial charge in [0.1, 0.15) is 0 Å². The summed E-state index contributed by atoms with van der Waals surface area (Å²) in [5.74, 6) is 1.51. The minimum Gasteiger partial charge on any atom is -0.481 e. The molecule has 2 saturated carbocycles. The van der Waals surface area contributed by atoms with Gasteiger partial charge in [-0.2, -0.15) is 0 Å². The molecule has 1 heterocycles. The Bertz CT molecular complexity index is 534. The number of aromatic nitrogens is 1. The van der Waals surface area contributed by atoms with Crippen LogP contribution in [0.5, 0.6) is 5.88 Å². The van der Waals surface area contributed by atoms with Gasteiger partial charge in [-0.3, -0.25) is 4.79 Å². The number of carbonyl (C=O) groups is 1. The Labute approximate surface area is 143 Å². The van der Waals surface area contributed by atoms with Gasteiger partial charge in [-0.25, -0.2) is 4.98 Å². The molecule has 3 rings (SSSR count). The Hall–Kier alpha value is -1.62. The van der Waals surface area contributed by atoms with E-state index >= 15 is 0 Å². The average Bonchev–Trinajstić information content (AvgIpc) is 2.58. The Morgan fingerprint density at radius 2 is 2.08 bits per heavy atom. The van der Waals surface area contributed by atoms with Gasteiger partial charge in [-0.15, -0.1) is 0 Å². The number of aliphatic hydroxyl groups excluding tert-OH is 1. The van der Waals surface area contributed by atoms with Crippen molar-refractivity contribution in [3.8, 4) is 5.88 Å². The molecule has 0 unspecified atom stereocenters. The third-order valence-electron chi connectivity index (χ3n) is 5.46. The Balaban J connectivity index is 1.64. The number of hydrogen-bond acceptors (Lipinski definition) is 4. The summed E-state index contributed by atoms with van der Waals surface area (Å²) in [5, 5.41) is 12.9. The second-order valence-electron chi connectivity index (χ2n) is 7.27. The number of nitrogens with one attached hydrogen (secondary N) is 1. The minimum atomic E-state index is -0.237. The Morgan fingerprint density at radius 1 is 1.33 bits per heavy atom. The monoisotopic (exact) mass is 332 g/mol. The van der Waals surface area contributed by atoms with E-state index in [4.69, 9.17) is 4.74 Å². The largest absolute Gasteiger partial charge is 0.481 e. The normalized spacial score (nSPS) is 25.6. The summed E-state index contributed by atoms with van der Waals surface area (Å²) in [4.78, 5) is 16.8. The third-order valence-corrected chi connectivity index (χ3v) is 5.46. The lowest BCUT2D eigenvalue weighted by Crippen LogP contribution is -2.41. The first-order valence-electron chi connectivity index (χ1n) is 9.13. The highest BCUT2D eigenvalue weighted by molar-refractivity contribution is 5.76. The van der Waals surface area contributed by atoms with Crippen molar-refractivity contribution >= 4 is 5.91 Å². The van der Waals surface area contributed by atoms with Crippen LogP contribution in [-0.4, -0.2) is 29.2 Å². The summed E-state index contributed by atoms with van der Waals surface area (Å²) in [6.07, 6.45) is 9.77. The van der Waals surface area contributed by atoms with Crippen LogP contribution < -0.4 is 10.1 Å². The summed E-state index contributed by atoms with van der Waals surface area (Å²) in [5.41, 5.74) is 0.990. The highest BCUT2D eigenvalue weighted by Crippen LogP contribution is 2.38. The fourth-order valence-electron chi connectivity index (χ4n) is 3.96. The van der Waals surface area contributed by atoms with Gasteiger partial charge in [0, 0.05) is 18.7 Å². The maximum Gasteiger partial charge on any atom is 0.220 e. The van der Waals surface area contributed by atoms with E-state index in [9.17, 15) is 9.90 Å². The molecule has 1 aromatic heterocycles. The molecule has 2 N–H and O–H groups in total. The zero-order valence-electron chi connectivity index (χ0n) is 14.4. The smallest absolute Gasteiger partial charge is 0.220 e. The van der Waals surface area contributed by atoms with Gasteiger partial charge in [-0.1, -0.05) is 25.3 Å². The quantitative estimate of drug-likeness (QED) is 0.840. The molecule has 0 aliphatic heterocycles. The molecular formula is C19H28N2O3. The van der Waals surface area contributed by atoms with E-state index in [1.54, 1.807) is 13.3 Å². The number of hydrogen-bond donors (Lipinski definition) is 2. The molecule has 132 valence electrons. The van der Waals surface area contributed by atoms with E-state index < -0.39 is 0 Å². The molecule has 0 saturated heterocycles. The molecular weight excluding hydrogens is 304 g/mol. The predicted molar refractivity (Wildman–Crippen MR) is 91.6 cm³/mol. The van der Waals surface area contributed by atoms with Crippen molar-refractivity contribution in [1.29, 1.82) is 0 Å². The van der Waals surface area contributed by atoms with Crippen LogP contribution in [0.25, 0.3) is 0 Å². The van der Waals surface area contributed by atoms with Crippen molar-refractivity contribution in [1.82, 2.24) is 10.3 Å². The van der Waals surface area contributed by atoms with Crippen LogP contribution in [0.1, 0.15) is 63.0 Å². The molecule has 0 radical (unpaired) electrons. The van der Waals surface area contributed by atoms with Crippen LogP contribution in [-0.2, 0) is 4.79 Å². The molecule has 0 bridgehead atoms. The fourth-order valence-corrected chi connectivity index (χ4v) is 3.96. The lowest BCUT2D eigenvalue weighted by Gasteiger charge is -2.38. The maximum atomic E-state index is 12.5. The van der Waals surface area contributed by atoms with Crippen LogP contribution in [0.4, 0.5) is 0 Å². The lowest BCUT2D eigenvalue weighted by molar-refractivity contribution is -0.124. The first-order valence-corrected chi connectivity index (χ1v) is 9.13. The predicted octanol–water partition coefficient (Wildman–Crippen LogP) is 2.99. The van der Waals surface area contributed by atoms with Crippen LogP contribution in [0.2, 0.25) is 0 Å². The van der Waals surface area contributed by atoms with Crippen LogP contribution in [0.3, 0.4) is 0 Å². The molecule has 1 aromatic rings. The maximum absolute atomic E-state index is 12.5. The number of aliphatic hydroxyl groups is 1. The van der Waals surface area contributed by atoms with Crippen molar-refractivity contribution in [2.45, 2.75) is 63.5 Å². The highest BCUT2D eigenvalue weighted by Gasteiger charge is 2.36. The van der Waals surface area contributed by atoms with Crippen LogP contribution in [0, 0.1) is 11.8 Å². The van der Waals surface area contributed by atoms with E-state index in [1.807, 2.05) is 12.1 Å². The fraction of sp³-hybridized carbons (Fsp3) is 0.684. The lowest BCUT2D eigenvalue weighted by atomic mass is 9.75. The number of rotatable bonds is 6. The van der Waals surface area contributed by atoms with Gasteiger partial charge in [0.2, 0.25) is 11.8 Å². The zero-order chi connectivity index (χ0) is 16.9.